The minimum atomic E-state index is -3.86. The molecule has 9 heteroatoms. The number of amides is 1. The molecule has 0 aliphatic carbocycles. The van der Waals surface area contributed by atoms with E-state index in [1.54, 1.807) is 19.1 Å². The first-order chi connectivity index (χ1) is 10.4. The van der Waals surface area contributed by atoms with Crippen molar-refractivity contribution >= 4 is 31.9 Å². The zero-order valence-electron chi connectivity index (χ0n) is 12.4. The molecule has 7 nitrogen and oxygen atoms in total. The zero-order chi connectivity index (χ0) is 16.6. The van der Waals surface area contributed by atoms with Gasteiger partial charge in [0.1, 0.15) is 10.6 Å². The average molecular weight is 395 g/mol. The van der Waals surface area contributed by atoms with Crippen LogP contribution in [0, 0.1) is 0 Å². The number of rotatable bonds is 9. The fraction of sp³-hybridized carbons (Fsp3) is 0.462. The molecule has 0 saturated carbocycles. The molecule has 0 unspecified atom stereocenters. The van der Waals surface area contributed by atoms with Gasteiger partial charge in [0.05, 0.1) is 19.8 Å². The van der Waals surface area contributed by atoms with Crippen LogP contribution < -0.4 is 14.8 Å². The average Bonchev–Trinajstić information content (AvgIpc) is 2.47. The third kappa shape index (κ3) is 5.91. The Morgan fingerprint density at radius 2 is 2.09 bits per heavy atom. The highest BCUT2D eigenvalue weighted by Crippen LogP contribution is 2.27. The first kappa shape index (κ1) is 18.9. The Morgan fingerprint density at radius 3 is 2.73 bits per heavy atom. The molecule has 124 valence electrons. The third-order valence-corrected chi connectivity index (χ3v) is 4.46. The molecule has 2 N–H and O–H groups in total. The molecule has 0 atom stereocenters. The van der Waals surface area contributed by atoms with Crippen molar-refractivity contribution < 1.29 is 22.7 Å². The van der Waals surface area contributed by atoms with Gasteiger partial charge < -0.3 is 14.8 Å². The molecule has 0 saturated heterocycles. The van der Waals surface area contributed by atoms with Crippen LogP contribution in [0.25, 0.3) is 0 Å². The van der Waals surface area contributed by atoms with Gasteiger partial charge >= 0.3 is 0 Å². The second-order valence-electron chi connectivity index (χ2n) is 4.19. The van der Waals surface area contributed by atoms with E-state index in [1.165, 1.54) is 13.2 Å². The summed E-state index contributed by atoms with van der Waals surface area (Å²) in [6, 6.07) is 4.67. The summed E-state index contributed by atoms with van der Waals surface area (Å²) in [7, 11) is -2.35. The number of benzene rings is 1. The normalized spacial score (nSPS) is 11.2. The van der Waals surface area contributed by atoms with Gasteiger partial charge in [0, 0.05) is 18.1 Å². The lowest BCUT2D eigenvalue weighted by Crippen LogP contribution is -2.38. The number of halogens is 1. The van der Waals surface area contributed by atoms with Gasteiger partial charge in [0.25, 0.3) is 0 Å². The molecule has 1 rings (SSSR count). The largest absolute Gasteiger partial charge is 0.492 e. The number of methoxy groups -OCH3 is 1. The predicted molar refractivity (Wildman–Crippen MR) is 85.4 cm³/mol. The summed E-state index contributed by atoms with van der Waals surface area (Å²) in [5, 5.41) is 2.53. The number of sulfonamides is 1. The summed E-state index contributed by atoms with van der Waals surface area (Å²) in [5.74, 6) is -0.202. The van der Waals surface area contributed by atoms with Crippen LogP contribution in [0.3, 0.4) is 0 Å². The lowest BCUT2D eigenvalue weighted by atomic mass is 10.3. The van der Waals surface area contributed by atoms with E-state index in [0.29, 0.717) is 24.2 Å². The Bertz CT molecular complexity index is 606. The zero-order valence-corrected chi connectivity index (χ0v) is 14.8. The number of hydrogen-bond acceptors (Lipinski definition) is 5. The Balaban J connectivity index is 2.78. The molecule has 1 aromatic rings. The van der Waals surface area contributed by atoms with Crippen LogP contribution in [-0.4, -0.2) is 47.7 Å². The Kier molecular flexibility index (Phi) is 7.80. The van der Waals surface area contributed by atoms with Crippen LogP contribution in [0.1, 0.15) is 6.92 Å². The Morgan fingerprint density at radius 1 is 1.36 bits per heavy atom. The fourth-order valence-electron chi connectivity index (χ4n) is 1.56. The molecule has 0 aliphatic rings. The Labute approximate surface area is 138 Å². The quantitative estimate of drug-likeness (QED) is 0.606. The third-order valence-electron chi connectivity index (χ3n) is 2.55. The van der Waals surface area contributed by atoms with E-state index in [1.807, 2.05) is 0 Å². The molecular formula is C13H19BrN2O5S. The summed E-state index contributed by atoms with van der Waals surface area (Å²) in [4.78, 5) is 11.5. The van der Waals surface area contributed by atoms with Crippen LogP contribution in [0.5, 0.6) is 5.75 Å². The van der Waals surface area contributed by atoms with E-state index in [9.17, 15) is 13.2 Å². The topological polar surface area (TPSA) is 93.7 Å². The molecule has 22 heavy (non-hydrogen) atoms. The highest BCUT2D eigenvalue weighted by molar-refractivity contribution is 9.10. The lowest BCUT2D eigenvalue weighted by molar-refractivity contribution is -0.120. The van der Waals surface area contributed by atoms with Crippen LogP contribution in [0.15, 0.2) is 27.6 Å². The van der Waals surface area contributed by atoms with Gasteiger partial charge in [-0.05, 0) is 25.1 Å². The van der Waals surface area contributed by atoms with Crippen LogP contribution in [-0.2, 0) is 19.6 Å². The van der Waals surface area contributed by atoms with Gasteiger partial charge in [-0.1, -0.05) is 15.9 Å². The van der Waals surface area contributed by atoms with E-state index in [4.69, 9.17) is 9.47 Å². The van der Waals surface area contributed by atoms with Gasteiger partial charge in [-0.25, -0.2) is 13.1 Å². The van der Waals surface area contributed by atoms with Crippen molar-refractivity contribution in [3.8, 4) is 5.75 Å². The first-order valence-corrected chi connectivity index (χ1v) is 8.86. The minimum Gasteiger partial charge on any atom is -0.492 e. The molecule has 0 spiro atoms. The van der Waals surface area contributed by atoms with Crippen LogP contribution in [0.2, 0.25) is 0 Å². The summed E-state index contributed by atoms with van der Waals surface area (Å²) < 4.78 is 37.5. The van der Waals surface area contributed by atoms with Gasteiger partial charge in [-0.2, -0.15) is 0 Å². The maximum Gasteiger partial charge on any atom is 0.244 e. The van der Waals surface area contributed by atoms with Crippen molar-refractivity contribution in [2.45, 2.75) is 11.8 Å². The maximum atomic E-state index is 12.3. The molecule has 1 aromatic carbocycles. The fourth-order valence-corrected chi connectivity index (χ4v) is 3.22. The predicted octanol–water partition coefficient (Wildman–Crippen LogP) is 0.889. The Hall–Kier alpha value is -1.16. The van der Waals surface area contributed by atoms with E-state index >= 15 is 0 Å². The van der Waals surface area contributed by atoms with E-state index in [2.05, 4.69) is 26.0 Å². The van der Waals surface area contributed by atoms with E-state index in [0.717, 1.165) is 0 Å². The molecular weight excluding hydrogens is 376 g/mol. The van der Waals surface area contributed by atoms with Crippen LogP contribution >= 0.6 is 15.9 Å². The molecule has 0 heterocycles. The lowest BCUT2D eigenvalue weighted by Gasteiger charge is -2.12. The molecule has 0 fully saturated rings. The van der Waals surface area contributed by atoms with Gasteiger partial charge in [0.15, 0.2) is 0 Å². The molecule has 0 radical (unpaired) electrons. The monoisotopic (exact) mass is 394 g/mol. The molecule has 1 amide bonds. The SMILES string of the molecule is CCOc1ccc(Br)cc1S(=O)(=O)NCC(=O)NCCOC. The highest BCUT2D eigenvalue weighted by atomic mass is 79.9. The van der Waals surface area contributed by atoms with Crippen molar-refractivity contribution in [1.82, 2.24) is 10.0 Å². The maximum absolute atomic E-state index is 12.3. The molecule has 0 bridgehead atoms. The van der Waals surface area contributed by atoms with Crippen molar-refractivity contribution in [3.63, 3.8) is 0 Å². The van der Waals surface area contributed by atoms with Crippen molar-refractivity contribution in [3.05, 3.63) is 22.7 Å². The smallest absolute Gasteiger partial charge is 0.244 e. The molecule has 0 aromatic heterocycles. The second kappa shape index (κ2) is 9.09. The number of carbonyl (C=O) groups is 1. The van der Waals surface area contributed by atoms with Crippen LogP contribution in [0.4, 0.5) is 0 Å². The minimum absolute atomic E-state index is 0.0200. The van der Waals surface area contributed by atoms with Crippen molar-refractivity contribution in [2.75, 3.05) is 33.4 Å². The summed E-state index contributed by atoms with van der Waals surface area (Å²) in [6.45, 7) is 2.41. The summed E-state index contributed by atoms with van der Waals surface area (Å²) in [5.41, 5.74) is 0. The number of nitrogens with one attached hydrogen (secondary N) is 2. The van der Waals surface area contributed by atoms with Gasteiger partial charge in [0.2, 0.25) is 15.9 Å². The number of carbonyl (C=O) groups excluding carboxylic acids is 1. The van der Waals surface area contributed by atoms with Gasteiger partial charge in [-0.3, -0.25) is 4.79 Å². The van der Waals surface area contributed by atoms with E-state index < -0.39 is 15.9 Å². The second-order valence-corrected chi connectivity index (χ2v) is 6.84. The van der Waals surface area contributed by atoms with E-state index in [-0.39, 0.29) is 17.2 Å². The summed E-state index contributed by atoms with van der Waals surface area (Å²) in [6.07, 6.45) is 0. The number of ether oxygens (including phenoxy) is 2. The van der Waals surface area contributed by atoms with Crippen molar-refractivity contribution in [1.29, 1.82) is 0 Å². The number of hydrogen-bond donors (Lipinski definition) is 2. The summed E-state index contributed by atoms with van der Waals surface area (Å²) >= 11 is 3.22. The van der Waals surface area contributed by atoms with Gasteiger partial charge in [-0.15, -0.1) is 0 Å². The standard InChI is InChI=1S/C13H19BrN2O5S/c1-3-21-11-5-4-10(14)8-12(11)22(18,19)16-9-13(17)15-6-7-20-2/h4-5,8,16H,3,6-7,9H2,1-2H3,(H,15,17). The molecule has 0 aliphatic heterocycles. The highest BCUT2D eigenvalue weighted by Gasteiger charge is 2.21. The van der Waals surface area contributed by atoms with Crippen molar-refractivity contribution in [2.24, 2.45) is 0 Å². The first-order valence-electron chi connectivity index (χ1n) is 6.58.